The van der Waals surface area contributed by atoms with Crippen molar-refractivity contribution in [3.05, 3.63) is 34.8 Å². The second-order valence-corrected chi connectivity index (χ2v) is 5.58. The van der Waals surface area contributed by atoms with Crippen molar-refractivity contribution >= 4 is 22.4 Å². The molecule has 1 N–H and O–H groups in total. The van der Waals surface area contributed by atoms with Crippen LogP contribution in [0, 0.1) is 13.8 Å². The zero-order valence-corrected chi connectivity index (χ0v) is 13.1. The first-order valence-corrected chi connectivity index (χ1v) is 7.50. The van der Waals surface area contributed by atoms with Crippen molar-refractivity contribution in [2.75, 3.05) is 18.5 Å². The van der Waals surface area contributed by atoms with Crippen molar-refractivity contribution in [2.24, 2.45) is 0 Å². The topological polar surface area (TPSA) is 60.5 Å². The summed E-state index contributed by atoms with van der Waals surface area (Å²) in [6.45, 7) is 6.25. The van der Waals surface area contributed by atoms with E-state index in [0.29, 0.717) is 23.2 Å². The van der Waals surface area contributed by atoms with Crippen LogP contribution in [-0.4, -0.2) is 24.1 Å². The van der Waals surface area contributed by atoms with Crippen LogP contribution in [-0.2, 0) is 4.79 Å². The van der Waals surface area contributed by atoms with Crippen LogP contribution in [0.2, 0.25) is 0 Å². The summed E-state index contributed by atoms with van der Waals surface area (Å²) < 4.78 is 10.9. The Morgan fingerprint density at radius 3 is 2.48 bits per heavy atom. The average molecular weight is 306 g/mol. The summed E-state index contributed by atoms with van der Waals surface area (Å²) in [5.41, 5.74) is 0.929. The summed E-state index contributed by atoms with van der Waals surface area (Å²) >= 11 is 1.45. The molecule has 1 aromatic carbocycles. The molecule has 0 saturated heterocycles. The van der Waals surface area contributed by atoms with Gasteiger partial charge in [-0.2, -0.15) is 0 Å². The van der Waals surface area contributed by atoms with E-state index < -0.39 is 0 Å². The number of nitrogens with one attached hydrogen (secondary N) is 1. The number of hydrogen-bond acceptors (Lipinski definition) is 5. The number of ether oxygens (including phenoxy) is 2. The molecule has 0 fully saturated rings. The third-order valence-electron chi connectivity index (χ3n) is 2.78. The van der Waals surface area contributed by atoms with E-state index in [2.05, 4.69) is 10.3 Å². The Kier molecular flexibility index (Phi) is 5.16. The van der Waals surface area contributed by atoms with Gasteiger partial charge in [-0.15, -0.1) is 11.3 Å². The number of anilines is 1. The molecule has 0 atom stereocenters. The molecule has 0 aliphatic heterocycles. The van der Waals surface area contributed by atoms with Gasteiger partial charge >= 0.3 is 0 Å². The van der Waals surface area contributed by atoms with Crippen molar-refractivity contribution in [1.82, 2.24) is 4.98 Å². The zero-order valence-electron chi connectivity index (χ0n) is 12.3. The fraction of sp³-hybridized carbons (Fsp3) is 0.333. The highest BCUT2D eigenvalue weighted by molar-refractivity contribution is 7.15. The number of carbonyl (C=O) groups is 1. The fourth-order valence-corrected chi connectivity index (χ4v) is 2.50. The first-order valence-electron chi connectivity index (χ1n) is 6.68. The number of benzene rings is 1. The van der Waals surface area contributed by atoms with E-state index in [1.54, 1.807) is 6.07 Å². The number of nitrogens with zero attached hydrogens (tertiary/aromatic N) is 1. The highest BCUT2D eigenvalue weighted by Crippen LogP contribution is 2.26. The quantitative estimate of drug-likeness (QED) is 0.890. The molecule has 6 heteroatoms. The van der Waals surface area contributed by atoms with Crippen LogP contribution in [0.4, 0.5) is 5.13 Å². The van der Waals surface area contributed by atoms with Gasteiger partial charge in [0.05, 0.1) is 12.3 Å². The van der Waals surface area contributed by atoms with Gasteiger partial charge in [0.1, 0.15) is 0 Å². The van der Waals surface area contributed by atoms with E-state index in [1.165, 1.54) is 11.3 Å². The van der Waals surface area contributed by atoms with Crippen LogP contribution in [0.25, 0.3) is 0 Å². The monoisotopic (exact) mass is 306 g/mol. The molecular formula is C15H18N2O3S. The van der Waals surface area contributed by atoms with Gasteiger partial charge in [-0.1, -0.05) is 12.1 Å². The van der Waals surface area contributed by atoms with E-state index in [-0.39, 0.29) is 12.5 Å². The van der Waals surface area contributed by atoms with Gasteiger partial charge in [-0.05, 0) is 32.9 Å². The lowest BCUT2D eigenvalue weighted by atomic mass is 10.3. The minimum atomic E-state index is -0.241. The molecule has 0 spiro atoms. The highest BCUT2D eigenvalue weighted by atomic mass is 32.1. The molecule has 2 aromatic rings. The van der Waals surface area contributed by atoms with Gasteiger partial charge in [0.25, 0.3) is 5.91 Å². The van der Waals surface area contributed by atoms with Gasteiger partial charge in [-0.3, -0.25) is 10.1 Å². The lowest BCUT2D eigenvalue weighted by Crippen LogP contribution is -2.20. The maximum Gasteiger partial charge on any atom is 0.264 e. The molecular weight excluding hydrogens is 288 g/mol. The number of carbonyl (C=O) groups excluding carboxylic acids is 1. The second kappa shape index (κ2) is 7.08. The Morgan fingerprint density at radius 1 is 1.24 bits per heavy atom. The SMILES string of the molecule is CCOc1ccccc1OCC(=O)Nc1nc(C)c(C)s1. The Balaban J connectivity index is 1.92. The molecule has 0 bridgehead atoms. The van der Waals surface area contributed by atoms with E-state index in [9.17, 15) is 4.79 Å². The van der Waals surface area contributed by atoms with Crippen LogP contribution in [0.15, 0.2) is 24.3 Å². The third-order valence-corrected chi connectivity index (χ3v) is 3.77. The Labute approximate surface area is 127 Å². The van der Waals surface area contributed by atoms with Crippen molar-refractivity contribution in [2.45, 2.75) is 20.8 Å². The molecule has 0 aliphatic carbocycles. The molecule has 1 aromatic heterocycles. The van der Waals surface area contributed by atoms with Crippen LogP contribution < -0.4 is 14.8 Å². The molecule has 1 heterocycles. The number of thiazole rings is 1. The number of amides is 1. The zero-order chi connectivity index (χ0) is 15.2. The summed E-state index contributed by atoms with van der Waals surface area (Å²) in [5.74, 6) is 0.949. The molecule has 0 radical (unpaired) electrons. The number of aromatic nitrogens is 1. The maximum atomic E-state index is 11.9. The third kappa shape index (κ3) is 4.19. The van der Waals surface area contributed by atoms with Gasteiger partial charge in [0, 0.05) is 4.88 Å². The number of hydrogen-bond donors (Lipinski definition) is 1. The number of para-hydroxylation sites is 2. The predicted molar refractivity (Wildman–Crippen MR) is 83.3 cm³/mol. The van der Waals surface area contributed by atoms with Crippen molar-refractivity contribution < 1.29 is 14.3 Å². The minimum Gasteiger partial charge on any atom is -0.490 e. The van der Waals surface area contributed by atoms with Gasteiger partial charge in [-0.25, -0.2) is 4.98 Å². The molecule has 0 saturated carbocycles. The molecule has 21 heavy (non-hydrogen) atoms. The van der Waals surface area contributed by atoms with Crippen LogP contribution in [0.5, 0.6) is 11.5 Å². The standard InChI is InChI=1S/C15H18N2O3S/c1-4-19-12-7-5-6-8-13(12)20-9-14(18)17-15-16-10(2)11(3)21-15/h5-8H,4,9H2,1-3H3,(H,16,17,18). The Hall–Kier alpha value is -2.08. The summed E-state index contributed by atoms with van der Waals surface area (Å²) in [4.78, 5) is 17.2. The summed E-state index contributed by atoms with van der Waals surface area (Å²) in [5, 5.41) is 3.32. The van der Waals surface area contributed by atoms with Gasteiger partial charge in [0.15, 0.2) is 23.2 Å². The molecule has 0 aliphatic rings. The molecule has 2 rings (SSSR count). The van der Waals surface area contributed by atoms with Crippen molar-refractivity contribution in [1.29, 1.82) is 0 Å². The lowest BCUT2D eigenvalue weighted by Gasteiger charge is -2.10. The minimum absolute atomic E-state index is 0.0816. The molecule has 5 nitrogen and oxygen atoms in total. The van der Waals surface area contributed by atoms with Crippen LogP contribution in [0.3, 0.4) is 0 Å². The van der Waals surface area contributed by atoms with Gasteiger partial charge in [0.2, 0.25) is 0 Å². The highest BCUT2D eigenvalue weighted by Gasteiger charge is 2.10. The average Bonchev–Trinajstić information content (AvgIpc) is 2.76. The Bertz CT molecular complexity index is 606. The smallest absolute Gasteiger partial charge is 0.264 e. The Morgan fingerprint density at radius 2 is 1.90 bits per heavy atom. The second-order valence-electron chi connectivity index (χ2n) is 4.38. The first-order chi connectivity index (χ1) is 10.1. The summed E-state index contributed by atoms with van der Waals surface area (Å²) in [7, 11) is 0. The van der Waals surface area contributed by atoms with Crippen molar-refractivity contribution in [3.8, 4) is 11.5 Å². The molecule has 112 valence electrons. The number of aryl methyl sites for hydroxylation is 2. The van der Waals surface area contributed by atoms with E-state index in [0.717, 1.165) is 10.6 Å². The first kappa shape index (κ1) is 15.3. The van der Waals surface area contributed by atoms with E-state index >= 15 is 0 Å². The van der Waals surface area contributed by atoms with E-state index in [1.807, 2.05) is 39.0 Å². The molecule has 1 amide bonds. The number of rotatable bonds is 6. The van der Waals surface area contributed by atoms with Crippen LogP contribution >= 0.6 is 11.3 Å². The van der Waals surface area contributed by atoms with Crippen LogP contribution in [0.1, 0.15) is 17.5 Å². The summed E-state index contributed by atoms with van der Waals surface area (Å²) in [6, 6.07) is 7.28. The normalized spacial score (nSPS) is 10.2. The maximum absolute atomic E-state index is 11.9. The lowest BCUT2D eigenvalue weighted by molar-refractivity contribution is -0.118. The van der Waals surface area contributed by atoms with Gasteiger partial charge < -0.3 is 9.47 Å². The summed E-state index contributed by atoms with van der Waals surface area (Å²) in [6.07, 6.45) is 0. The fourth-order valence-electron chi connectivity index (χ4n) is 1.67. The van der Waals surface area contributed by atoms with Crippen molar-refractivity contribution in [3.63, 3.8) is 0 Å². The predicted octanol–water partition coefficient (Wildman–Crippen LogP) is 3.18. The van der Waals surface area contributed by atoms with E-state index in [4.69, 9.17) is 9.47 Å². The largest absolute Gasteiger partial charge is 0.490 e. The molecule has 0 unspecified atom stereocenters.